The number of carbonyl (C=O) groups excluding carboxylic acids is 2. The first-order chi connectivity index (χ1) is 13.0. The maximum absolute atomic E-state index is 13.7. The predicted molar refractivity (Wildman–Crippen MR) is 96.2 cm³/mol. The lowest BCUT2D eigenvalue weighted by Crippen LogP contribution is -2.04. The van der Waals surface area contributed by atoms with Crippen molar-refractivity contribution in [3.63, 3.8) is 0 Å². The van der Waals surface area contributed by atoms with Crippen LogP contribution in [0.4, 0.5) is 4.39 Å². The molecule has 0 spiro atoms. The maximum atomic E-state index is 13.7. The Labute approximate surface area is 155 Å². The van der Waals surface area contributed by atoms with Gasteiger partial charge >= 0.3 is 5.97 Å². The first-order valence-corrected chi connectivity index (χ1v) is 8.18. The highest BCUT2D eigenvalue weighted by Gasteiger charge is 2.15. The molecule has 0 saturated carbocycles. The number of halogens is 1. The molecule has 0 bridgehead atoms. The van der Waals surface area contributed by atoms with Gasteiger partial charge in [0.05, 0.1) is 7.11 Å². The first kappa shape index (κ1) is 18.4. The minimum Gasteiger partial charge on any atom is -0.494 e. The zero-order valence-corrected chi connectivity index (χ0v) is 14.8. The van der Waals surface area contributed by atoms with Crippen LogP contribution in [0.3, 0.4) is 0 Å². The molecule has 1 aromatic heterocycles. The fraction of sp³-hybridized carbons (Fsp3) is 0.143. The number of hydrogen-bond donors (Lipinski definition) is 0. The molecule has 3 rings (SSSR count). The van der Waals surface area contributed by atoms with E-state index in [0.717, 1.165) is 5.56 Å². The number of rotatable bonds is 6. The summed E-state index contributed by atoms with van der Waals surface area (Å²) in [6.07, 6.45) is 0. The van der Waals surface area contributed by atoms with Crippen molar-refractivity contribution in [2.45, 2.75) is 13.5 Å². The number of methoxy groups -OCH3 is 1. The largest absolute Gasteiger partial charge is 0.494 e. The number of carbonyl (C=O) groups is 2. The van der Waals surface area contributed by atoms with Gasteiger partial charge in [0.1, 0.15) is 12.4 Å². The van der Waals surface area contributed by atoms with Crippen LogP contribution in [-0.4, -0.2) is 18.9 Å². The Kier molecular flexibility index (Phi) is 5.35. The van der Waals surface area contributed by atoms with Gasteiger partial charge in [-0.3, -0.25) is 4.79 Å². The van der Waals surface area contributed by atoms with Crippen molar-refractivity contribution < 1.29 is 27.9 Å². The molecule has 0 aliphatic rings. The Bertz CT molecular complexity index is 972. The third-order valence-corrected chi connectivity index (χ3v) is 3.97. The summed E-state index contributed by atoms with van der Waals surface area (Å²) in [4.78, 5) is 23.5. The standard InChI is InChI=1S/C21H17FO5/c1-13(23)15-4-6-16(7-5-15)18-9-10-20(27-18)21(24)26-12-14-3-8-19(25-2)17(22)11-14/h3-11H,12H2,1-2H3. The minimum atomic E-state index is -0.655. The van der Waals surface area contributed by atoms with Gasteiger partial charge in [-0.05, 0) is 36.8 Å². The van der Waals surface area contributed by atoms with Crippen LogP contribution in [-0.2, 0) is 11.3 Å². The lowest BCUT2D eigenvalue weighted by atomic mass is 10.1. The van der Waals surface area contributed by atoms with Crippen molar-refractivity contribution in [2.75, 3.05) is 7.11 Å². The summed E-state index contributed by atoms with van der Waals surface area (Å²) in [5.74, 6) is -0.572. The van der Waals surface area contributed by atoms with Crippen LogP contribution in [0.15, 0.2) is 59.0 Å². The minimum absolute atomic E-state index is 0.0276. The molecule has 0 amide bonds. The quantitative estimate of drug-likeness (QED) is 0.468. The van der Waals surface area contributed by atoms with Gasteiger partial charge in [-0.25, -0.2) is 9.18 Å². The van der Waals surface area contributed by atoms with Crippen LogP contribution in [0.25, 0.3) is 11.3 Å². The van der Waals surface area contributed by atoms with E-state index in [2.05, 4.69) is 0 Å². The molecular formula is C21H17FO5. The highest BCUT2D eigenvalue weighted by molar-refractivity contribution is 5.94. The summed E-state index contributed by atoms with van der Waals surface area (Å²) >= 11 is 0. The molecule has 5 nitrogen and oxygen atoms in total. The van der Waals surface area contributed by atoms with E-state index in [0.29, 0.717) is 16.9 Å². The summed E-state index contributed by atoms with van der Waals surface area (Å²) in [5.41, 5.74) is 1.82. The number of benzene rings is 2. The second-order valence-corrected chi connectivity index (χ2v) is 5.84. The molecule has 0 aliphatic heterocycles. The number of esters is 1. The molecule has 0 saturated heterocycles. The van der Waals surface area contributed by atoms with E-state index >= 15 is 0 Å². The highest BCUT2D eigenvalue weighted by atomic mass is 19.1. The molecule has 0 fully saturated rings. The lowest BCUT2D eigenvalue weighted by molar-refractivity contribution is 0.0436. The van der Waals surface area contributed by atoms with Gasteiger partial charge in [-0.2, -0.15) is 0 Å². The van der Waals surface area contributed by atoms with Crippen LogP contribution < -0.4 is 4.74 Å². The Morgan fingerprint density at radius 3 is 2.41 bits per heavy atom. The summed E-state index contributed by atoms with van der Waals surface area (Å²) in [6.45, 7) is 1.40. The average Bonchev–Trinajstić information content (AvgIpc) is 3.16. The van der Waals surface area contributed by atoms with Gasteiger partial charge in [0.25, 0.3) is 0 Å². The number of Topliss-reactive ketones (excluding diaryl/α,β-unsaturated/α-hetero) is 1. The monoisotopic (exact) mass is 368 g/mol. The van der Waals surface area contributed by atoms with Crippen molar-refractivity contribution >= 4 is 11.8 Å². The van der Waals surface area contributed by atoms with Gasteiger partial charge in [0.15, 0.2) is 17.3 Å². The normalized spacial score (nSPS) is 10.5. The Hall–Kier alpha value is -3.41. The van der Waals surface area contributed by atoms with E-state index in [-0.39, 0.29) is 23.9 Å². The molecule has 6 heteroatoms. The molecular weight excluding hydrogens is 351 g/mol. The molecule has 138 valence electrons. The first-order valence-electron chi connectivity index (χ1n) is 8.18. The van der Waals surface area contributed by atoms with Crippen LogP contribution in [0, 0.1) is 5.82 Å². The summed E-state index contributed by atoms with van der Waals surface area (Å²) in [7, 11) is 1.38. The average molecular weight is 368 g/mol. The molecule has 2 aromatic carbocycles. The Morgan fingerprint density at radius 2 is 1.78 bits per heavy atom. The predicted octanol–water partition coefficient (Wildman–Crippen LogP) is 4.65. The van der Waals surface area contributed by atoms with Crippen LogP contribution >= 0.6 is 0 Å². The number of ether oxygens (including phenoxy) is 2. The van der Waals surface area contributed by atoms with Crippen molar-refractivity contribution in [3.05, 3.63) is 77.3 Å². The molecule has 0 N–H and O–H groups in total. The van der Waals surface area contributed by atoms with Crippen LogP contribution in [0.5, 0.6) is 5.75 Å². The van der Waals surface area contributed by atoms with Crippen molar-refractivity contribution in [1.29, 1.82) is 0 Å². The fourth-order valence-corrected chi connectivity index (χ4v) is 2.49. The van der Waals surface area contributed by atoms with Gasteiger partial charge in [-0.1, -0.05) is 30.3 Å². The lowest BCUT2D eigenvalue weighted by Gasteiger charge is -2.06. The number of ketones is 1. The smallest absolute Gasteiger partial charge is 0.374 e. The summed E-state index contributed by atoms with van der Waals surface area (Å²) in [6, 6.07) is 14.3. The third kappa shape index (κ3) is 4.23. The van der Waals surface area contributed by atoms with Gasteiger partial charge < -0.3 is 13.9 Å². The summed E-state index contributed by atoms with van der Waals surface area (Å²) < 4.78 is 29.2. The van der Waals surface area contributed by atoms with Gasteiger partial charge in [0.2, 0.25) is 5.76 Å². The zero-order chi connectivity index (χ0) is 19.4. The van der Waals surface area contributed by atoms with E-state index < -0.39 is 11.8 Å². The van der Waals surface area contributed by atoms with E-state index in [1.54, 1.807) is 36.4 Å². The molecule has 3 aromatic rings. The third-order valence-electron chi connectivity index (χ3n) is 3.97. The SMILES string of the molecule is COc1ccc(COC(=O)c2ccc(-c3ccc(C(C)=O)cc3)o2)cc1F. The van der Waals surface area contributed by atoms with E-state index in [1.165, 1.54) is 32.2 Å². The molecule has 0 aliphatic carbocycles. The molecule has 27 heavy (non-hydrogen) atoms. The molecule has 1 heterocycles. The highest BCUT2D eigenvalue weighted by Crippen LogP contribution is 2.24. The van der Waals surface area contributed by atoms with E-state index in [1.807, 2.05) is 0 Å². The van der Waals surface area contributed by atoms with Gasteiger partial charge in [-0.15, -0.1) is 0 Å². The number of hydrogen-bond acceptors (Lipinski definition) is 5. The van der Waals surface area contributed by atoms with E-state index in [4.69, 9.17) is 13.9 Å². The topological polar surface area (TPSA) is 65.7 Å². The van der Waals surface area contributed by atoms with Crippen LogP contribution in [0.1, 0.15) is 33.4 Å². The second kappa shape index (κ2) is 7.86. The summed E-state index contributed by atoms with van der Waals surface area (Å²) in [5, 5.41) is 0. The second-order valence-electron chi connectivity index (χ2n) is 5.84. The van der Waals surface area contributed by atoms with E-state index in [9.17, 15) is 14.0 Å². The van der Waals surface area contributed by atoms with Gasteiger partial charge in [0, 0.05) is 11.1 Å². The maximum Gasteiger partial charge on any atom is 0.374 e. The fourth-order valence-electron chi connectivity index (χ4n) is 2.49. The Balaban J connectivity index is 1.66. The van der Waals surface area contributed by atoms with Crippen LogP contribution in [0.2, 0.25) is 0 Å². The van der Waals surface area contributed by atoms with Crippen molar-refractivity contribution in [1.82, 2.24) is 0 Å². The zero-order valence-electron chi connectivity index (χ0n) is 14.8. The molecule has 0 unspecified atom stereocenters. The Morgan fingerprint density at radius 1 is 1.04 bits per heavy atom. The van der Waals surface area contributed by atoms with Crippen molar-refractivity contribution in [2.24, 2.45) is 0 Å². The number of furan rings is 1. The molecule has 0 radical (unpaired) electrons. The molecule has 0 atom stereocenters. The van der Waals surface area contributed by atoms with Crippen molar-refractivity contribution in [3.8, 4) is 17.1 Å².